The molecule has 3 N–H and O–H groups in total. The van der Waals surface area contributed by atoms with Crippen LogP contribution in [0.15, 0.2) is 53.6 Å². The average Bonchev–Trinajstić information content (AvgIpc) is 3.09. The highest BCUT2D eigenvalue weighted by Crippen LogP contribution is 2.29. The molecule has 0 spiro atoms. The topological polar surface area (TPSA) is 111 Å². The third kappa shape index (κ3) is 2.35. The number of H-pyrrole nitrogens is 1. The Labute approximate surface area is 131 Å². The summed E-state index contributed by atoms with van der Waals surface area (Å²) in [5.41, 5.74) is 6.78. The smallest absolute Gasteiger partial charge is 0.268 e. The number of hydrogen-bond acceptors (Lipinski definition) is 4. The normalized spacial score (nSPS) is 10.0. The van der Waals surface area contributed by atoms with Gasteiger partial charge in [-0.3, -0.25) is 4.79 Å². The van der Waals surface area contributed by atoms with Gasteiger partial charge in [-0.1, -0.05) is 12.1 Å². The number of nitrogens with one attached hydrogen (secondary N) is 1. The molecule has 0 unspecified atom stereocenters. The molecule has 0 amide bonds. The van der Waals surface area contributed by atoms with Crippen molar-refractivity contribution in [2.24, 2.45) is 0 Å². The lowest BCUT2D eigenvalue weighted by molar-refractivity contribution is 1.08. The second-order valence-electron chi connectivity index (χ2n) is 4.86. The second kappa shape index (κ2) is 5.55. The fourth-order valence-electron chi connectivity index (χ4n) is 2.46. The van der Waals surface area contributed by atoms with Crippen LogP contribution < -0.4 is 11.3 Å². The van der Waals surface area contributed by atoms with Crippen LogP contribution in [0.5, 0.6) is 0 Å². The van der Waals surface area contributed by atoms with E-state index >= 15 is 0 Å². The molecule has 110 valence electrons. The van der Waals surface area contributed by atoms with Crippen molar-refractivity contribution in [1.82, 2.24) is 9.55 Å². The monoisotopic (exact) mass is 301 g/mol. The number of benzene rings is 1. The van der Waals surface area contributed by atoms with Crippen LogP contribution in [0.1, 0.15) is 11.1 Å². The predicted molar refractivity (Wildman–Crippen MR) is 85.7 cm³/mol. The number of nitrogens with two attached hydrogens (primary N) is 1. The summed E-state index contributed by atoms with van der Waals surface area (Å²) >= 11 is 0. The molecule has 0 saturated carbocycles. The van der Waals surface area contributed by atoms with Gasteiger partial charge in [0.25, 0.3) is 5.56 Å². The number of aromatic amines is 1. The number of hydrogen-bond donors (Lipinski definition) is 2. The molecule has 0 aliphatic rings. The van der Waals surface area contributed by atoms with Gasteiger partial charge in [0.1, 0.15) is 29.1 Å². The molecule has 6 nitrogen and oxygen atoms in total. The van der Waals surface area contributed by atoms with Crippen molar-refractivity contribution in [3.8, 4) is 29.0 Å². The molecule has 6 heteroatoms. The van der Waals surface area contributed by atoms with Crippen molar-refractivity contribution < 1.29 is 0 Å². The van der Waals surface area contributed by atoms with Crippen LogP contribution in [0, 0.1) is 22.7 Å². The fourth-order valence-corrected chi connectivity index (χ4v) is 2.46. The van der Waals surface area contributed by atoms with Crippen LogP contribution in [-0.4, -0.2) is 9.55 Å². The first kappa shape index (κ1) is 14.2. The highest BCUT2D eigenvalue weighted by molar-refractivity contribution is 5.80. The lowest BCUT2D eigenvalue weighted by Crippen LogP contribution is -2.16. The molecule has 2 aromatic heterocycles. The molecule has 0 aliphatic carbocycles. The van der Waals surface area contributed by atoms with Crippen LogP contribution in [0.25, 0.3) is 16.8 Å². The van der Waals surface area contributed by atoms with Gasteiger partial charge in [0.15, 0.2) is 0 Å². The maximum absolute atomic E-state index is 12.0. The maximum Gasteiger partial charge on any atom is 0.268 e. The van der Waals surface area contributed by atoms with Gasteiger partial charge in [-0.25, -0.2) is 0 Å². The van der Waals surface area contributed by atoms with Crippen LogP contribution in [0.3, 0.4) is 0 Å². The minimum Gasteiger partial charge on any atom is -0.384 e. The first-order valence-electron chi connectivity index (χ1n) is 6.75. The van der Waals surface area contributed by atoms with Gasteiger partial charge in [-0.05, 0) is 29.8 Å². The Morgan fingerprint density at radius 3 is 2.39 bits per heavy atom. The molecule has 23 heavy (non-hydrogen) atoms. The zero-order valence-electron chi connectivity index (χ0n) is 11.9. The Kier molecular flexibility index (Phi) is 3.42. The molecule has 1 aromatic carbocycles. The number of nitriles is 2. The van der Waals surface area contributed by atoms with E-state index in [0.29, 0.717) is 5.56 Å². The highest BCUT2D eigenvalue weighted by Gasteiger charge is 2.18. The lowest BCUT2D eigenvalue weighted by Gasteiger charge is -2.10. The van der Waals surface area contributed by atoms with Gasteiger partial charge in [-0.15, -0.1) is 0 Å². The lowest BCUT2D eigenvalue weighted by atomic mass is 9.96. The molecule has 0 aliphatic heterocycles. The molecule has 3 aromatic rings. The predicted octanol–water partition coefficient (Wildman–Crippen LogP) is 2.16. The van der Waals surface area contributed by atoms with E-state index in [0.717, 1.165) is 5.69 Å². The molecule has 0 bridgehead atoms. The first-order valence-corrected chi connectivity index (χ1v) is 6.75. The molecule has 0 fully saturated rings. The Morgan fingerprint density at radius 1 is 1.04 bits per heavy atom. The van der Waals surface area contributed by atoms with Gasteiger partial charge in [0, 0.05) is 23.6 Å². The number of aromatic nitrogens is 2. The molecule has 0 saturated heterocycles. The minimum atomic E-state index is -0.606. The summed E-state index contributed by atoms with van der Waals surface area (Å²) < 4.78 is 1.89. The minimum absolute atomic E-state index is 0.0436. The van der Waals surface area contributed by atoms with Crippen LogP contribution in [0.4, 0.5) is 5.82 Å². The van der Waals surface area contributed by atoms with E-state index in [1.54, 1.807) is 18.2 Å². The number of pyridine rings is 1. The Bertz CT molecular complexity index is 1020. The molecule has 0 atom stereocenters. The summed E-state index contributed by atoms with van der Waals surface area (Å²) in [6.07, 6.45) is 3.75. The molecule has 3 rings (SSSR count). The van der Waals surface area contributed by atoms with Gasteiger partial charge >= 0.3 is 0 Å². The standard InChI is InChI=1S/C17H11N5O/c18-9-13-15(14(10-19)17(23)21-16(13)20)11-4-3-5-12(8-11)22-6-1-2-7-22/h1-8H,(H3,20,21,23). The number of rotatable bonds is 2. The maximum atomic E-state index is 12.0. The highest BCUT2D eigenvalue weighted by atomic mass is 16.1. The zero-order chi connectivity index (χ0) is 16.4. The number of nitrogens with zero attached hydrogens (tertiary/aromatic N) is 3. The van der Waals surface area contributed by atoms with Gasteiger partial charge in [-0.2, -0.15) is 10.5 Å². The average molecular weight is 301 g/mol. The fraction of sp³-hybridized carbons (Fsp3) is 0. The van der Waals surface area contributed by atoms with Crippen molar-refractivity contribution >= 4 is 5.82 Å². The molecule has 0 radical (unpaired) electrons. The van der Waals surface area contributed by atoms with Crippen molar-refractivity contribution in [3.05, 3.63) is 70.3 Å². The van der Waals surface area contributed by atoms with Gasteiger partial charge in [0.05, 0.1) is 0 Å². The van der Waals surface area contributed by atoms with Crippen molar-refractivity contribution in [2.45, 2.75) is 0 Å². The molecule has 2 heterocycles. The van der Waals surface area contributed by atoms with Crippen molar-refractivity contribution in [1.29, 1.82) is 10.5 Å². The van der Waals surface area contributed by atoms with Crippen LogP contribution in [0.2, 0.25) is 0 Å². The third-order valence-corrected chi connectivity index (χ3v) is 3.51. The van der Waals surface area contributed by atoms with Crippen LogP contribution >= 0.6 is 0 Å². The van der Waals surface area contributed by atoms with Crippen LogP contribution in [-0.2, 0) is 0 Å². The van der Waals surface area contributed by atoms with Crippen molar-refractivity contribution in [2.75, 3.05) is 5.73 Å². The molecular formula is C17H11N5O. The van der Waals surface area contributed by atoms with E-state index in [1.807, 2.05) is 47.3 Å². The van der Waals surface area contributed by atoms with E-state index in [2.05, 4.69) is 4.98 Å². The van der Waals surface area contributed by atoms with Gasteiger partial charge in [0.2, 0.25) is 0 Å². The third-order valence-electron chi connectivity index (χ3n) is 3.51. The van der Waals surface area contributed by atoms with E-state index in [-0.39, 0.29) is 22.5 Å². The Morgan fingerprint density at radius 2 is 1.74 bits per heavy atom. The summed E-state index contributed by atoms with van der Waals surface area (Å²) in [4.78, 5) is 14.3. The van der Waals surface area contributed by atoms with E-state index < -0.39 is 5.56 Å². The largest absolute Gasteiger partial charge is 0.384 e. The summed E-state index contributed by atoms with van der Waals surface area (Å²) in [7, 11) is 0. The second-order valence-corrected chi connectivity index (χ2v) is 4.86. The summed E-state index contributed by atoms with van der Waals surface area (Å²) in [6.45, 7) is 0. The summed E-state index contributed by atoms with van der Waals surface area (Å²) in [5.74, 6) is -0.0436. The van der Waals surface area contributed by atoms with E-state index in [4.69, 9.17) is 5.73 Å². The van der Waals surface area contributed by atoms with E-state index in [1.165, 1.54) is 0 Å². The molecular weight excluding hydrogens is 290 g/mol. The van der Waals surface area contributed by atoms with E-state index in [9.17, 15) is 15.3 Å². The number of anilines is 1. The Hall–Kier alpha value is -3.77. The Balaban J connectivity index is 2.32. The number of nitrogen functional groups attached to an aromatic ring is 1. The van der Waals surface area contributed by atoms with Gasteiger partial charge < -0.3 is 15.3 Å². The summed E-state index contributed by atoms with van der Waals surface area (Å²) in [5, 5.41) is 18.7. The van der Waals surface area contributed by atoms with Crippen molar-refractivity contribution in [3.63, 3.8) is 0 Å². The summed E-state index contributed by atoms with van der Waals surface area (Å²) in [6, 6.07) is 14.8. The zero-order valence-corrected chi connectivity index (χ0v) is 11.9. The SMILES string of the molecule is N#Cc1c(N)[nH]c(=O)c(C#N)c1-c1cccc(-n2cccc2)c1. The first-order chi connectivity index (χ1) is 11.2. The quantitative estimate of drug-likeness (QED) is 0.755.